The number of furan rings is 1. The van der Waals surface area contributed by atoms with Gasteiger partial charge in [-0.05, 0) is 19.1 Å². The van der Waals surface area contributed by atoms with E-state index in [0.29, 0.717) is 11.1 Å². The second-order valence-corrected chi connectivity index (χ2v) is 7.17. The van der Waals surface area contributed by atoms with Crippen molar-refractivity contribution < 1.29 is 13.9 Å². The van der Waals surface area contributed by atoms with Gasteiger partial charge >= 0.3 is 0 Å². The van der Waals surface area contributed by atoms with Crippen molar-refractivity contribution in [3.63, 3.8) is 0 Å². The fourth-order valence-corrected chi connectivity index (χ4v) is 3.81. The molecule has 0 atom stereocenters. The maximum Gasteiger partial charge on any atom is 0.257 e. The average Bonchev–Trinajstić information content (AvgIpc) is 3.07. The molecule has 6 nitrogen and oxygen atoms in total. The van der Waals surface area contributed by atoms with Crippen LogP contribution < -0.4 is 0 Å². The number of benzene rings is 1. The Balaban J connectivity index is 1.33. The highest BCUT2D eigenvalue weighted by atomic mass is 16.5. The number of hydrogen-bond donors (Lipinski definition) is 0. The molecule has 0 bridgehead atoms. The minimum atomic E-state index is 0.0813. The summed E-state index contributed by atoms with van der Waals surface area (Å²) in [5.74, 6) is 0.922. The van der Waals surface area contributed by atoms with Crippen LogP contribution in [0.25, 0.3) is 11.0 Å². The van der Waals surface area contributed by atoms with Crippen molar-refractivity contribution in [3.8, 4) is 0 Å². The highest BCUT2D eigenvalue weighted by Crippen LogP contribution is 2.24. The number of hydrogen-bond acceptors (Lipinski definition) is 5. The molecule has 2 aliphatic heterocycles. The summed E-state index contributed by atoms with van der Waals surface area (Å²) in [6, 6.07) is 7.78. The van der Waals surface area contributed by atoms with Crippen molar-refractivity contribution in [2.24, 2.45) is 0 Å². The van der Waals surface area contributed by atoms with Crippen LogP contribution >= 0.6 is 0 Å². The Morgan fingerprint density at radius 3 is 2.42 bits per heavy atom. The van der Waals surface area contributed by atoms with E-state index in [1.165, 1.54) is 0 Å². The zero-order chi connectivity index (χ0) is 17.9. The Hall–Kier alpha value is -1.89. The number of piperazine rings is 1. The van der Waals surface area contributed by atoms with E-state index in [9.17, 15) is 4.79 Å². The van der Waals surface area contributed by atoms with E-state index in [4.69, 9.17) is 9.15 Å². The molecule has 2 aromatic rings. The predicted molar refractivity (Wildman–Crippen MR) is 101 cm³/mol. The molecule has 3 heterocycles. The van der Waals surface area contributed by atoms with Crippen LogP contribution in [0.15, 0.2) is 28.7 Å². The summed E-state index contributed by atoms with van der Waals surface area (Å²) < 4.78 is 11.2. The van der Waals surface area contributed by atoms with Gasteiger partial charge in [0.2, 0.25) is 0 Å². The van der Waals surface area contributed by atoms with Crippen LogP contribution in [0.1, 0.15) is 16.1 Å². The lowest BCUT2D eigenvalue weighted by Gasteiger charge is -2.36. The molecule has 0 saturated carbocycles. The summed E-state index contributed by atoms with van der Waals surface area (Å²) in [5.41, 5.74) is 1.39. The van der Waals surface area contributed by atoms with Crippen LogP contribution in [0.3, 0.4) is 0 Å². The number of carbonyl (C=O) groups is 1. The van der Waals surface area contributed by atoms with Crippen molar-refractivity contribution in [2.75, 3.05) is 65.6 Å². The molecule has 0 unspecified atom stereocenters. The first kappa shape index (κ1) is 17.5. The van der Waals surface area contributed by atoms with Gasteiger partial charge < -0.3 is 14.1 Å². The van der Waals surface area contributed by atoms with Crippen molar-refractivity contribution in [1.82, 2.24) is 14.7 Å². The van der Waals surface area contributed by atoms with Gasteiger partial charge in [0, 0.05) is 57.7 Å². The number of carbonyl (C=O) groups excluding carboxylic acids is 1. The van der Waals surface area contributed by atoms with Crippen LogP contribution in [-0.4, -0.2) is 86.2 Å². The first-order valence-electron chi connectivity index (χ1n) is 9.51. The number of ether oxygens (including phenoxy) is 1. The molecule has 2 aliphatic rings. The van der Waals surface area contributed by atoms with Gasteiger partial charge in [-0.15, -0.1) is 0 Å². The molecule has 0 aliphatic carbocycles. The zero-order valence-electron chi connectivity index (χ0n) is 15.4. The van der Waals surface area contributed by atoms with E-state index in [1.807, 2.05) is 36.1 Å². The number of fused-ring (bicyclic) bond motifs is 1. The summed E-state index contributed by atoms with van der Waals surface area (Å²) in [6.07, 6.45) is 0. The number of rotatable bonds is 4. The molecule has 2 saturated heterocycles. The third-order valence-electron chi connectivity index (χ3n) is 5.39. The predicted octanol–water partition coefficient (Wildman–Crippen LogP) is 1.83. The Kier molecular flexibility index (Phi) is 5.24. The number of amides is 1. The van der Waals surface area contributed by atoms with E-state index in [-0.39, 0.29) is 5.91 Å². The van der Waals surface area contributed by atoms with Gasteiger partial charge in [-0.25, -0.2) is 0 Å². The number of para-hydroxylation sites is 1. The quantitative estimate of drug-likeness (QED) is 0.836. The molecular formula is C20H27N3O3. The number of aryl methyl sites for hydroxylation is 1. The lowest BCUT2D eigenvalue weighted by Crippen LogP contribution is -2.51. The van der Waals surface area contributed by atoms with Crippen LogP contribution in [0, 0.1) is 6.92 Å². The third-order valence-corrected chi connectivity index (χ3v) is 5.39. The normalized spacial score (nSPS) is 20.0. The van der Waals surface area contributed by atoms with Crippen LogP contribution in [0.4, 0.5) is 0 Å². The molecule has 140 valence electrons. The smallest absolute Gasteiger partial charge is 0.257 e. The lowest BCUT2D eigenvalue weighted by molar-refractivity contribution is 0.0293. The minimum Gasteiger partial charge on any atom is -0.461 e. The lowest BCUT2D eigenvalue weighted by atomic mass is 10.1. The fraction of sp³-hybridized carbons (Fsp3) is 0.550. The van der Waals surface area contributed by atoms with E-state index in [0.717, 1.165) is 76.7 Å². The Morgan fingerprint density at radius 2 is 1.69 bits per heavy atom. The minimum absolute atomic E-state index is 0.0813. The highest BCUT2D eigenvalue weighted by Gasteiger charge is 2.24. The second kappa shape index (κ2) is 7.78. The number of nitrogens with zero attached hydrogens (tertiary/aromatic N) is 3. The van der Waals surface area contributed by atoms with Crippen LogP contribution in [0.5, 0.6) is 0 Å². The summed E-state index contributed by atoms with van der Waals surface area (Å²) in [7, 11) is 0. The van der Waals surface area contributed by atoms with Gasteiger partial charge in [-0.1, -0.05) is 12.1 Å². The molecule has 4 rings (SSSR count). The van der Waals surface area contributed by atoms with Crippen molar-refractivity contribution in [3.05, 3.63) is 35.6 Å². The van der Waals surface area contributed by atoms with Crippen molar-refractivity contribution in [1.29, 1.82) is 0 Å². The molecule has 6 heteroatoms. The summed E-state index contributed by atoms with van der Waals surface area (Å²) in [5, 5.41) is 0.998. The van der Waals surface area contributed by atoms with Crippen LogP contribution in [0.2, 0.25) is 0 Å². The topological polar surface area (TPSA) is 49.2 Å². The summed E-state index contributed by atoms with van der Waals surface area (Å²) >= 11 is 0. The van der Waals surface area contributed by atoms with Crippen LogP contribution in [-0.2, 0) is 4.74 Å². The fourth-order valence-electron chi connectivity index (χ4n) is 3.81. The Morgan fingerprint density at radius 1 is 1.00 bits per heavy atom. The average molecular weight is 357 g/mol. The molecule has 1 amide bonds. The Bertz CT molecular complexity index is 759. The van der Waals surface area contributed by atoms with E-state index < -0.39 is 0 Å². The highest BCUT2D eigenvalue weighted by molar-refractivity contribution is 6.05. The number of morpholine rings is 1. The first-order valence-corrected chi connectivity index (χ1v) is 9.51. The molecule has 26 heavy (non-hydrogen) atoms. The largest absolute Gasteiger partial charge is 0.461 e. The molecule has 0 radical (unpaired) electrons. The van der Waals surface area contributed by atoms with Crippen molar-refractivity contribution >= 4 is 16.9 Å². The van der Waals surface area contributed by atoms with Gasteiger partial charge in [0.05, 0.1) is 18.8 Å². The molecule has 0 N–H and O–H groups in total. The molecule has 1 aromatic heterocycles. The van der Waals surface area contributed by atoms with E-state index >= 15 is 0 Å². The van der Waals surface area contributed by atoms with E-state index in [1.54, 1.807) is 0 Å². The molecular weight excluding hydrogens is 330 g/mol. The molecule has 2 fully saturated rings. The monoisotopic (exact) mass is 357 g/mol. The third kappa shape index (κ3) is 3.77. The maximum absolute atomic E-state index is 13.0. The molecule has 0 spiro atoms. The molecule has 1 aromatic carbocycles. The van der Waals surface area contributed by atoms with Gasteiger partial charge in [0.15, 0.2) is 0 Å². The first-order chi connectivity index (χ1) is 12.7. The van der Waals surface area contributed by atoms with Gasteiger partial charge in [0.1, 0.15) is 11.3 Å². The van der Waals surface area contributed by atoms with Gasteiger partial charge in [-0.2, -0.15) is 0 Å². The van der Waals surface area contributed by atoms with Gasteiger partial charge in [0.25, 0.3) is 5.91 Å². The van der Waals surface area contributed by atoms with Gasteiger partial charge in [-0.3, -0.25) is 14.6 Å². The summed E-state index contributed by atoms with van der Waals surface area (Å²) in [4.78, 5) is 19.8. The maximum atomic E-state index is 13.0. The Labute approximate surface area is 154 Å². The second-order valence-electron chi connectivity index (χ2n) is 7.17. The standard InChI is InChI=1S/C20H27N3O3/c1-16-15-17-3-2-4-18(19(17)26-16)20(24)23-9-7-21(8-10-23)5-6-22-11-13-25-14-12-22/h2-4,15H,5-14H2,1H3. The van der Waals surface area contributed by atoms with Crippen molar-refractivity contribution in [2.45, 2.75) is 6.92 Å². The SMILES string of the molecule is Cc1cc2cccc(C(=O)N3CCN(CCN4CCOCC4)CC3)c2o1. The summed E-state index contributed by atoms with van der Waals surface area (Å²) in [6.45, 7) is 11.2. The van der Waals surface area contributed by atoms with E-state index in [2.05, 4.69) is 9.80 Å². The zero-order valence-corrected chi connectivity index (χ0v) is 15.4.